The third-order valence-corrected chi connectivity index (χ3v) is 6.40. The highest BCUT2D eigenvalue weighted by Gasteiger charge is 2.26. The lowest BCUT2D eigenvalue weighted by Crippen LogP contribution is -2.39. The summed E-state index contributed by atoms with van der Waals surface area (Å²) in [6.07, 6.45) is 6.81. The molecule has 156 valence electrons. The van der Waals surface area contributed by atoms with Crippen molar-refractivity contribution in [2.75, 3.05) is 26.2 Å². The number of rotatable bonds is 5. The number of nitrogens with zero attached hydrogens (tertiary/aromatic N) is 2. The fourth-order valence-electron chi connectivity index (χ4n) is 4.57. The number of aromatic nitrogens is 2. The standard InChI is InChI=1S/C23H32N4O2/c1-17-5-9-19(10-6-17)27-23(29)20-11-7-18(8-12-21(20)25-27)22(28)24-13-16-26-14-3-2-4-15-26/h5-6,9-10,18,25H,2-4,7-8,11-16H2,1H3,(H,24,28). The second-order valence-electron chi connectivity index (χ2n) is 8.51. The molecule has 1 aliphatic carbocycles. The number of carbonyl (C=O) groups is 1. The number of nitrogens with one attached hydrogen (secondary N) is 2. The molecule has 0 spiro atoms. The number of benzene rings is 1. The molecule has 1 fully saturated rings. The van der Waals surface area contributed by atoms with E-state index in [2.05, 4.69) is 15.3 Å². The molecule has 2 aromatic rings. The number of fused-ring (bicyclic) bond motifs is 1. The highest BCUT2D eigenvalue weighted by atomic mass is 16.2. The van der Waals surface area contributed by atoms with Crippen LogP contribution in [0.5, 0.6) is 0 Å². The Morgan fingerprint density at radius 3 is 2.59 bits per heavy atom. The fourth-order valence-corrected chi connectivity index (χ4v) is 4.57. The number of amides is 1. The lowest BCUT2D eigenvalue weighted by Gasteiger charge is -2.26. The smallest absolute Gasteiger partial charge is 0.274 e. The summed E-state index contributed by atoms with van der Waals surface area (Å²) in [5.41, 5.74) is 3.88. The first-order valence-corrected chi connectivity index (χ1v) is 11.0. The zero-order chi connectivity index (χ0) is 20.2. The number of carbonyl (C=O) groups excluding carboxylic acids is 1. The zero-order valence-corrected chi connectivity index (χ0v) is 17.4. The Hall–Kier alpha value is -2.34. The molecule has 1 aliphatic heterocycles. The SMILES string of the molecule is Cc1ccc(-n2[nH]c3c(c2=O)CCC(C(=O)NCCN2CCCCC2)CC3)cc1. The Labute approximate surface area is 172 Å². The predicted molar refractivity (Wildman–Crippen MR) is 115 cm³/mol. The van der Waals surface area contributed by atoms with Crippen LogP contribution < -0.4 is 10.9 Å². The fraction of sp³-hybridized carbons (Fsp3) is 0.565. The van der Waals surface area contributed by atoms with E-state index in [0.717, 1.165) is 62.4 Å². The van der Waals surface area contributed by atoms with Crippen molar-refractivity contribution in [3.05, 3.63) is 51.4 Å². The third-order valence-electron chi connectivity index (χ3n) is 6.40. The second kappa shape index (κ2) is 8.99. The Morgan fingerprint density at radius 2 is 1.83 bits per heavy atom. The van der Waals surface area contributed by atoms with Crippen molar-refractivity contribution in [1.29, 1.82) is 0 Å². The predicted octanol–water partition coefficient (Wildman–Crippen LogP) is 2.57. The Morgan fingerprint density at radius 1 is 1.10 bits per heavy atom. The van der Waals surface area contributed by atoms with E-state index in [4.69, 9.17) is 0 Å². The van der Waals surface area contributed by atoms with Crippen molar-refractivity contribution in [3.63, 3.8) is 0 Å². The largest absolute Gasteiger partial charge is 0.355 e. The molecule has 2 heterocycles. The van der Waals surface area contributed by atoms with Gasteiger partial charge in [0.2, 0.25) is 5.91 Å². The van der Waals surface area contributed by atoms with Gasteiger partial charge < -0.3 is 10.2 Å². The van der Waals surface area contributed by atoms with Crippen molar-refractivity contribution < 1.29 is 4.79 Å². The number of piperidine rings is 1. The van der Waals surface area contributed by atoms with Crippen LogP contribution in [0.4, 0.5) is 0 Å². The van der Waals surface area contributed by atoms with Gasteiger partial charge in [0.15, 0.2) is 0 Å². The molecule has 6 nitrogen and oxygen atoms in total. The average molecular weight is 397 g/mol. The van der Waals surface area contributed by atoms with Crippen molar-refractivity contribution in [3.8, 4) is 5.69 Å². The lowest BCUT2D eigenvalue weighted by molar-refractivity contribution is -0.125. The highest BCUT2D eigenvalue weighted by molar-refractivity contribution is 5.78. The van der Waals surface area contributed by atoms with Crippen LogP contribution in [0, 0.1) is 12.8 Å². The van der Waals surface area contributed by atoms with Gasteiger partial charge in [0.25, 0.3) is 5.56 Å². The van der Waals surface area contributed by atoms with Gasteiger partial charge >= 0.3 is 0 Å². The first-order valence-electron chi connectivity index (χ1n) is 11.0. The molecule has 0 saturated carbocycles. The number of hydrogen-bond acceptors (Lipinski definition) is 3. The van der Waals surface area contributed by atoms with E-state index in [1.165, 1.54) is 24.8 Å². The minimum Gasteiger partial charge on any atom is -0.355 e. The summed E-state index contributed by atoms with van der Waals surface area (Å²) in [5.74, 6) is 0.135. The van der Waals surface area contributed by atoms with Crippen LogP contribution in [-0.2, 0) is 17.6 Å². The Bertz CT molecular complexity index is 891. The molecule has 4 rings (SSSR count). The first kappa shape index (κ1) is 20.0. The molecular formula is C23H32N4O2. The van der Waals surface area contributed by atoms with Gasteiger partial charge in [0, 0.05) is 30.3 Å². The van der Waals surface area contributed by atoms with Crippen LogP contribution in [0.2, 0.25) is 0 Å². The lowest BCUT2D eigenvalue weighted by atomic mass is 9.99. The Balaban J connectivity index is 1.34. The summed E-state index contributed by atoms with van der Waals surface area (Å²) >= 11 is 0. The minimum atomic E-state index is -0.00983. The molecule has 6 heteroatoms. The number of hydrogen-bond donors (Lipinski definition) is 2. The van der Waals surface area contributed by atoms with Gasteiger partial charge in [-0.1, -0.05) is 24.1 Å². The number of likely N-dealkylation sites (tertiary alicyclic amines) is 1. The average Bonchev–Trinajstić information content (AvgIpc) is 2.91. The summed E-state index contributed by atoms with van der Waals surface area (Å²) < 4.78 is 1.64. The maximum Gasteiger partial charge on any atom is 0.274 e. The molecule has 1 unspecified atom stereocenters. The van der Waals surface area contributed by atoms with E-state index >= 15 is 0 Å². The van der Waals surface area contributed by atoms with Crippen molar-refractivity contribution in [2.45, 2.75) is 51.9 Å². The van der Waals surface area contributed by atoms with E-state index in [-0.39, 0.29) is 17.4 Å². The third kappa shape index (κ3) is 4.64. The normalized spacial score (nSPS) is 20.1. The molecule has 1 aromatic heterocycles. The topological polar surface area (TPSA) is 70.1 Å². The van der Waals surface area contributed by atoms with E-state index in [1.54, 1.807) is 4.68 Å². The molecule has 2 aliphatic rings. The summed E-state index contributed by atoms with van der Waals surface area (Å²) in [5, 5.41) is 6.42. The van der Waals surface area contributed by atoms with Gasteiger partial charge in [-0.25, -0.2) is 4.68 Å². The van der Waals surface area contributed by atoms with Crippen molar-refractivity contribution in [2.24, 2.45) is 5.92 Å². The monoisotopic (exact) mass is 396 g/mol. The van der Waals surface area contributed by atoms with Crippen molar-refractivity contribution >= 4 is 5.91 Å². The first-order chi connectivity index (χ1) is 14.1. The van der Waals surface area contributed by atoms with Crippen LogP contribution in [0.15, 0.2) is 29.1 Å². The van der Waals surface area contributed by atoms with Crippen molar-refractivity contribution in [1.82, 2.24) is 20.0 Å². The van der Waals surface area contributed by atoms with Crippen LogP contribution in [0.25, 0.3) is 5.69 Å². The van der Waals surface area contributed by atoms with Gasteiger partial charge in [-0.3, -0.25) is 14.7 Å². The van der Waals surface area contributed by atoms with Gasteiger partial charge in [-0.2, -0.15) is 0 Å². The molecule has 1 aromatic carbocycles. The van der Waals surface area contributed by atoms with E-state index in [1.807, 2.05) is 31.2 Å². The van der Waals surface area contributed by atoms with Crippen LogP contribution >= 0.6 is 0 Å². The molecule has 29 heavy (non-hydrogen) atoms. The molecule has 1 atom stereocenters. The molecule has 1 saturated heterocycles. The van der Waals surface area contributed by atoms with Gasteiger partial charge in [-0.15, -0.1) is 0 Å². The number of H-pyrrole nitrogens is 1. The van der Waals surface area contributed by atoms with E-state index in [9.17, 15) is 9.59 Å². The molecular weight excluding hydrogens is 364 g/mol. The highest BCUT2D eigenvalue weighted by Crippen LogP contribution is 2.23. The van der Waals surface area contributed by atoms with Crippen LogP contribution in [0.3, 0.4) is 0 Å². The van der Waals surface area contributed by atoms with Crippen LogP contribution in [0.1, 0.15) is 48.9 Å². The summed E-state index contributed by atoms with van der Waals surface area (Å²) in [4.78, 5) is 28.0. The molecule has 2 N–H and O–H groups in total. The Kier molecular flexibility index (Phi) is 6.19. The maximum atomic E-state index is 12.9. The maximum absolute atomic E-state index is 12.9. The molecule has 0 bridgehead atoms. The van der Waals surface area contributed by atoms with E-state index in [0.29, 0.717) is 6.42 Å². The summed E-state index contributed by atoms with van der Waals surface area (Å²) in [6.45, 7) is 6.01. The molecule has 1 amide bonds. The van der Waals surface area contributed by atoms with Crippen LogP contribution in [-0.4, -0.2) is 46.8 Å². The minimum absolute atomic E-state index is 0.00983. The summed E-state index contributed by atoms with van der Waals surface area (Å²) in [7, 11) is 0. The summed E-state index contributed by atoms with van der Waals surface area (Å²) in [6, 6.07) is 7.95. The second-order valence-corrected chi connectivity index (χ2v) is 8.51. The van der Waals surface area contributed by atoms with Gasteiger partial charge in [0.05, 0.1) is 5.69 Å². The van der Waals surface area contributed by atoms with E-state index < -0.39 is 0 Å². The molecule has 0 radical (unpaired) electrons. The quantitative estimate of drug-likeness (QED) is 0.763. The number of aryl methyl sites for hydroxylation is 2. The van der Waals surface area contributed by atoms with Gasteiger partial charge in [0.1, 0.15) is 0 Å². The zero-order valence-electron chi connectivity index (χ0n) is 17.4. The number of aromatic amines is 1. The van der Waals surface area contributed by atoms with Gasteiger partial charge in [-0.05, 0) is 70.7 Å².